The molecule has 1 aromatic heterocycles. The van der Waals surface area contributed by atoms with Crippen LogP contribution >= 0.6 is 0 Å². The second-order valence-corrected chi connectivity index (χ2v) is 12.2. The number of carbonyl (C=O) groups is 3. The number of piperidine rings is 2. The molecule has 1 unspecified atom stereocenters. The van der Waals surface area contributed by atoms with Crippen LogP contribution in [0.15, 0.2) is 60.8 Å². The van der Waals surface area contributed by atoms with Crippen LogP contribution in [0.5, 0.6) is 0 Å². The average Bonchev–Trinajstić information content (AvgIpc) is 3.54. The fourth-order valence-corrected chi connectivity index (χ4v) is 6.99. The summed E-state index contributed by atoms with van der Waals surface area (Å²) in [4.78, 5) is 47.9. The van der Waals surface area contributed by atoms with Crippen LogP contribution in [-0.2, 0) is 26.3 Å². The zero-order chi connectivity index (χ0) is 31.0. The summed E-state index contributed by atoms with van der Waals surface area (Å²) < 4.78 is 11.9. The first-order valence-electron chi connectivity index (χ1n) is 15.5. The van der Waals surface area contributed by atoms with E-state index in [9.17, 15) is 14.4 Å². The van der Waals surface area contributed by atoms with Gasteiger partial charge in [-0.15, -0.1) is 5.53 Å². The van der Waals surface area contributed by atoms with Gasteiger partial charge in [0.2, 0.25) is 0 Å². The summed E-state index contributed by atoms with van der Waals surface area (Å²) >= 11 is 0. The number of carbonyl (C=O) groups excluding carboxylic acids is 3. The standard InChI is InChI=1S/C33H37N7O5/c1-21-18-22(19-27-29(21)37-38-36-27)20-28(30(41)39-14-9-23(10-15-39)25-7-4-5-13-34-25)44-32(43)40-16-11-33(12-17-40)24-6-2-3-8-26(24)35-31(42)45-33/h2-8,13,18-19,23,28,36-38H,9-12,14-17,20H2,1H3,(H,35,42). The molecule has 2 aromatic carbocycles. The highest BCUT2D eigenvalue weighted by atomic mass is 16.6. The number of hydrogen-bond donors (Lipinski definition) is 4. The van der Waals surface area contributed by atoms with Gasteiger partial charge >= 0.3 is 12.2 Å². The number of amides is 3. The molecule has 12 nitrogen and oxygen atoms in total. The Morgan fingerprint density at radius 3 is 2.56 bits per heavy atom. The Bertz CT molecular complexity index is 1600. The van der Waals surface area contributed by atoms with E-state index in [0.717, 1.165) is 52.3 Å². The van der Waals surface area contributed by atoms with Gasteiger partial charge in [-0.05, 0) is 55.2 Å². The molecule has 7 rings (SSSR count). The topological polar surface area (TPSA) is 137 Å². The van der Waals surface area contributed by atoms with Crippen molar-refractivity contribution < 1.29 is 23.9 Å². The highest BCUT2D eigenvalue weighted by Gasteiger charge is 2.45. The summed E-state index contributed by atoms with van der Waals surface area (Å²) in [5, 5.41) is 2.77. The number of hydrogen-bond acceptors (Lipinski definition) is 9. The summed E-state index contributed by atoms with van der Waals surface area (Å²) in [6.45, 7) is 3.78. The molecule has 4 aliphatic heterocycles. The minimum Gasteiger partial charge on any atom is -0.438 e. The van der Waals surface area contributed by atoms with E-state index in [1.807, 2.05) is 66.4 Å². The number of fused-ring (bicyclic) bond motifs is 3. The smallest absolute Gasteiger partial charge is 0.412 e. The van der Waals surface area contributed by atoms with Gasteiger partial charge in [-0.2, -0.15) is 0 Å². The molecule has 45 heavy (non-hydrogen) atoms. The fraction of sp³-hybridized carbons (Fsp3) is 0.394. The molecular formula is C33H37N7O5. The van der Waals surface area contributed by atoms with Gasteiger partial charge in [0.05, 0.1) is 17.1 Å². The monoisotopic (exact) mass is 611 g/mol. The molecule has 0 aliphatic carbocycles. The fourth-order valence-electron chi connectivity index (χ4n) is 6.99. The normalized spacial score (nSPS) is 19.4. The molecule has 0 radical (unpaired) electrons. The number of aromatic nitrogens is 1. The van der Waals surface area contributed by atoms with Crippen molar-refractivity contribution in [3.63, 3.8) is 0 Å². The quantitative estimate of drug-likeness (QED) is 0.325. The number of aryl methyl sites for hydroxylation is 1. The van der Waals surface area contributed by atoms with Crippen molar-refractivity contribution in [1.29, 1.82) is 0 Å². The van der Waals surface area contributed by atoms with Crippen LogP contribution in [-0.4, -0.2) is 65.2 Å². The van der Waals surface area contributed by atoms with Gasteiger partial charge in [0, 0.05) is 68.8 Å². The number of rotatable bonds is 5. The SMILES string of the molecule is Cc1cc(CC(OC(=O)N2CCC3(CC2)OC(=O)Nc2ccccc23)C(=O)N2CCC(c3ccccn3)CC2)cc2c1NNN2. The largest absolute Gasteiger partial charge is 0.438 e. The minimum atomic E-state index is -0.989. The molecular weight excluding hydrogens is 574 g/mol. The number of pyridine rings is 1. The van der Waals surface area contributed by atoms with E-state index in [1.165, 1.54) is 0 Å². The number of hydrazine groups is 2. The molecule has 234 valence electrons. The van der Waals surface area contributed by atoms with E-state index in [0.29, 0.717) is 39.0 Å². The highest BCUT2D eigenvalue weighted by molar-refractivity contribution is 5.89. The molecule has 12 heteroatoms. The van der Waals surface area contributed by atoms with Crippen molar-refractivity contribution in [2.24, 2.45) is 0 Å². The van der Waals surface area contributed by atoms with Crippen molar-refractivity contribution in [3.8, 4) is 0 Å². The van der Waals surface area contributed by atoms with Crippen molar-refractivity contribution >= 4 is 35.2 Å². The van der Waals surface area contributed by atoms with Crippen LogP contribution in [0.1, 0.15) is 54.0 Å². The number of benzene rings is 2. The molecule has 1 atom stereocenters. The third-order valence-electron chi connectivity index (χ3n) is 9.40. The van der Waals surface area contributed by atoms with Gasteiger partial charge in [0.1, 0.15) is 5.60 Å². The predicted octanol–water partition coefficient (Wildman–Crippen LogP) is 4.65. The number of likely N-dealkylation sites (tertiary alicyclic amines) is 2. The summed E-state index contributed by atoms with van der Waals surface area (Å²) in [5.41, 5.74) is 14.6. The second kappa shape index (κ2) is 11.9. The Kier molecular flexibility index (Phi) is 7.66. The lowest BCUT2D eigenvalue weighted by Gasteiger charge is -2.44. The maximum absolute atomic E-state index is 14.0. The van der Waals surface area contributed by atoms with E-state index in [2.05, 4.69) is 26.7 Å². The minimum absolute atomic E-state index is 0.195. The predicted molar refractivity (Wildman–Crippen MR) is 167 cm³/mol. The number of para-hydroxylation sites is 1. The van der Waals surface area contributed by atoms with E-state index in [4.69, 9.17) is 9.47 Å². The molecule has 0 saturated carbocycles. The number of ether oxygens (including phenoxy) is 2. The first-order chi connectivity index (χ1) is 21.9. The van der Waals surface area contributed by atoms with Crippen molar-refractivity contribution in [2.75, 3.05) is 42.3 Å². The number of anilines is 3. The van der Waals surface area contributed by atoms with Gasteiger partial charge in [-0.25, -0.2) is 9.59 Å². The molecule has 3 aromatic rings. The van der Waals surface area contributed by atoms with E-state index in [-0.39, 0.29) is 18.2 Å². The molecule has 0 bridgehead atoms. The lowest BCUT2D eigenvalue weighted by Crippen LogP contribution is -2.51. The molecule has 5 heterocycles. The van der Waals surface area contributed by atoms with Crippen LogP contribution in [0.2, 0.25) is 0 Å². The first-order valence-corrected chi connectivity index (χ1v) is 15.5. The van der Waals surface area contributed by atoms with Crippen LogP contribution < -0.4 is 21.7 Å². The van der Waals surface area contributed by atoms with E-state index in [1.54, 1.807) is 11.1 Å². The Morgan fingerprint density at radius 2 is 1.78 bits per heavy atom. The van der Waals surface area contributed by atoms with E-state index >= 15 is 0 Å². The van der Waals surface area contributed by atoms with Crippen LogP contribution in [0.3, 0.4) is 0 Å². The molecule has 4 N–H and O–H groups in total. The number of nitrogens with one attached hydrogen (secondary N) is 4. The molecule has 2 fully saturated rings. The van der Waals surface area contributed by atoms with Gasteiger partial charge in [0.25, 0.3) is 5.91 Å². The molecule has 3 amide bonds. The Hall–Kier alpha value is -4.84. The van der Waals surface area contributed by atoms with Crippen LogP contribution in [0.4, 0.5) is 26.7 Å². The Balaban J connectivity index is 1.06. The van der Waals surface area contributed by atoms with Gasteiger partial charge in [-0.1, -0.05) is 30.3 Å². The zero-order valence-electron chi connectivity index (χ0n) is 25.2. The van der Waals surface area contributed by atoms with Crippen LogP contribution in [0.25, 0.3) is 0 Å². The lowest BCUT2D eigenvalue weighted by atomic mass is 9.82. The summed E-state index contributed by atoms with van der Waals surface area (Å²) in [6, 6.07) is 17.5. The van der Waals surface area contributed by atoms with Crippen LogP contribution in [0, 0.1) is 6.92 Å². The Morgan fingerprint density at radius 1 is 1.00 bits per heavy atom. The zero-order valence-corrected chi connectivity index (χ0v) is 25.2. The van der Waals surface area contributed by atoms with Gasteiger partial charge in [0.15, 0.2) is 6.10 Å². The third-order valence-corrected chi connectivity index (χ3v) is 9.40. The van der Waals surface area contributed by atoms with Crippen molar-refractivity contribution in [3.05, 3.63) is 83.2 Å². The molecule has 1 spiro atoms. The summed E-state index contributed by atoms with van der Waals surface area (Å²) in [6.07, 6.45) is 2.48. The third kappa shape index (κ3) is 5.73. The molecule has 4 aliphatic rings. The first kappa shape index (κ1) is 28.9. The average molecular weight is 612 g/mol. The summed E-state index contributed by atoms with van der Waals surface area (Å²) in [5.74, 6) is 0.0939. The van der Waals surface area contributed by atoms with Gasteiger partial charge in [-0.3, -0.25) is 15.1 Å². The lowest BCUT2D eigenvalue weighted by molar-refractivity contribution is -0.142. The molecule has 2 saturated heterocycles. The van der Waals surface area contributed by atoms with Gasteiger partial charge < -0.3 is 30.1 Å². The maximum atomic E-state index is 14.0. The highest BCUT2D eigenvalue weighted by Crippen LogP contribution is 2.43. The summed E-state index contributed by atoms with van der Waals surface area (Å²) in [7, 11) is 0. The Labute approximate surface area is 261 Å². The van der Waals surface area contributed by atoms with Crippen molar-refractivity contribution in [1.82, 2.24) is 20.3 Å². The number of nitrogens with zero attached hydrogens (tertiary/aromatic N) is 3. The van der Waals surface area contributed by atoms with E-state index < -0.39 is 23.9 Å². The maximum Gasteiger partial charge on any atom is 0.412 e. The second-order valence-electron chi connectivity index (χ2n) is 12.2. The van der Waals surface area contributed by atoms with Crippen molar-refractivity contribution in [2.45, 2.75) is 56.7 Å².